The van der Waals surface area contributed by atoms with Gasteiger partial charge in [-0.2, -0.15) is 5.26 Å². The lowest BCUT2D eigenvalue weighted by Crippen LogP contribution is -2.35. The predicted octanol–water partition coefficient (Wildman–Crippen LogP) is 4.54. The van der Waals surface area contributed by atoms with E-state index in [1.165, 1.54) is 0 Å². The fourth-order valence-corrected chi connectivity index (χ4v) is 3.14. The Bertz CT molecular complexity index is 714. The third kappa shape index (κ3) is 5.08. The SMILES string of the molecule is N#CCCN(C(=O)COc1ccc(Br)cc1Br)c1ccccc1. The summed E-state index contributed by atoms with van der Waals surface area (Å²) in [7, 11) is 0. The highest BCUT2D eigenvalue weighted by atomic mass is 79.9. The van der Waals surface area contributed by atoms with Crippen LogP contribution in [0.15, 0.2) is 57.5 Å². The summed E-state index contributed by atoms with van der Waals surface area (Å²) >= 11 is 6.77. The van der Waals surface area contributed by atoms with Crippen molar-refractivity contribution in [1.29, 1.82) is 5.26 Å². The van der Waals surface area contributed by atoms with Gasteiger partial charge < -0.3 is 9.64 Å². The van der Waals surface area contributed by atoms with Crippen LogP contribution in [0, 0.1) is 11.3 Å². The van der Waals surface area contributed by atoms with E-state index in [0.29, 0.717) is 12.3 Å². The first-order valence-electron chi connectivity index (χ1n) is 6.92. The molecule has 0 N–H and O–H groups in total. The topological polar surface area (TPSA) is 53.3 Å². The van der Waals surface area contributed by atoms with Crippen molar-refractivity contribution in [2.45, 2.75) is 6.42 Å². The summed E-state index contributed by atoms with van der Waals surface area (Å²) < 4.78 is 7.28. The molecule has 6 heteroatoms. The molecule has 1 amide bonds. The zero-order valence-corrected chi connectivity index (χ0v) is 15.4. The highest BCUT2D eigenvalue weighted by Crippen LogP contribution is 2.28. The molecule has 0 aromatic heterocycles. The molecule has 23 heavy (non-hydrogen) atoms. The molecule has 4 nitrogen and oxygen atoms in total. The lowest BCUT2D eigenvalue weighted by atomic mass is 10.2. The number of carbonyl (C=O) groups excluding carboxylic acids is 1. The fraction of sp³-hybridized carbons (Fsp3) is 0.176. The Morgan fingerprint density at radius 3 is 2.57 bits per heavy atom. The van der Waals surface area contributed by atoms with Crippen LogP contribution in [0.4, 0.5) is 5.69 Å². The van der Waals surface area contributed by atoms with Gasteiger partial charge in [0.2, 0.25) is 0 Å². The number of anilines is 1. The number of halogens is 2. The van der Waals surface area contributed by atoms with E-state index in [1.54, 1.807) is 11.0 Å². The molecule has 2 aromatic rings. The Balaban J connectivity index is 2.07. The number of benzene rings is 2. The first-order chi connectivity index (χ1) is 11.1. The number of nitriles is 1. The van der Waals surface area contributed by atoms with E-state index >= 15 is 0 Å². The molecule has 0 aliphatic heterocycles. The molecule has 0 saturated carbocycles. The Morgan fingerprint density at radius 1 is 1.17 bits per heavy atom. The summed E-state index contributed by atoms with van der Waals surface area (Å²) in [5, 5.41) is 8.78. The summed E-state index contributed by atoms with van der Waals surface area (Å²) in [6, 6.07) is 16.8. The van der Waals surface area contributed by atoms with Crippen LogP contribution < -0.4 is 9.64 Å². The smallest absolute Gasteiger partial charge is 0.264 e. The molecule has 0 fully saturated rings. The van der Waals surface area contributed by atoms with Crippen molar-refractivity contribution in [1.82, 2.24) is 0 Å². The maximum Gasteiger partial charge on any atom is 0.264 e. The second-order valence-corrected chi connectivity index (χ2v) is 6.42. The largest absolute Gasteiger partial charge is 0.483 e. The van der Waals surface area contributed by atoms with E-state index in [2.05, 4.69) is 37.9 Å². The molecule has 0 spiro atoms. The molecular weight excluding hydrogens is 424 g/mol. The second kappa shape index (κ2) is 8.70. The van der Waals surface area contributed by atoms with Gasteiger partial charge in [-0.25, -0.2) is 0 Å². The van der Waals surface area contributed by atoms with Gasteiger partial charge in [0.1, 0.15) is 5.75 Å². The van der Waals surface area contributed by atoms with Crippen LogP contribution in [0.25, 0.3) is 0 Å². The van der Waals surface area contributed by atoms with Gasteiger partial charge in [0.05, 0.1) is 17.0 Å². The van der Waals surface area contributed by atoms with Crippen molar-refractivity contribution in [2.24, 2.45) is 0 Å². The third-order valence-electron chi connectivity index (χ3n) is 3.06. The molecule has 2 aromatic carbocycles. The molecular formula is C17H14Br2N2O2. The number of carbonyl (C=O) groups is 1. The molecule has 2 rings (SSSR count). The average Bonchev–Trinajstić information content (AvgIpc) is 2.55. The molecule has 0 heterocycles. The van der Waals surface area contributed by atoms with E-state index in [1.807, 2.05) is 42.5 Å². The van der Waals surface area contributed by atoms with Crippen LogP contribution in [-0.2, 0) is 4.79 Å². The molecule has 0 bridgehead atoms. The van der Waals surface area contributed by atoms with Crippen LogP contribution in [0.3, 0.4) is 0 Å². The Labute approximate surface area is 151 Å². The summed E-state index contributed by atoms with van der Waals surface area (Å²) in [6.07, 6.45) is 0.266. The lowest BCUT2D eigenvalue weighted by molar-refractivity contribution is -0.120. The Kier molecular flexibility index (Phi) is 6.63. The van der Waals surface area contributed by atoms with Gasteiger partial charge in [-0.1, -0.05) is 34.1 Å². The molecule has 0 aliphatic carbocycles. The van der Waals surface area contributed by atoms with Crippen LogP contribution in [0.5, 0.6) is 5.75 Å². The van der Waals surface area contributed by atoms with Crippen molar-refractivity contribution < 1.29 is 9.53 Å². The summed E-state index contributed by atoms with van der Waals surface area (Å²) in [5.74, 6) is 0.399. The molecule has 0 saturated heterocycles. The van der Waals surface area contributed by atoms with Crippen LogP contribution in [-0.4, -0.2) is 19.1 Å². The zero-order chi connectivity index (χ0) is 16.7. The van der Waals surface area contributed by atoms with Crippen LogP contribution >= 0.6 is 31.9 Å². The number of ether oxygens (including phenoxy) is 1. The molecule has 118 valence electrons. The number of nitrogens with zero attached hydrogens (tertiary/aromatic N) is 2. The summed E-state index contributed by atoms with van der Waals surface area (Å²) in [4.78, 5) is 14.0. The first-order valence-corrected chi connectivity index (χ1v) is 8.50. The van der Waals surface area contributed by atoms with Crippen LogP contribution in [0.2, 0.25) is 0 Å². The van der Waals surface area contributed by atoms with E-state index in [4.69, 9.17) is 10.00 Å². The minimum absolute atomic E-state index is 0.0967. The fourth-order valence-electron chi connectivity index (χ4n) is 1.98. The summed E-state index contributed by atoms with van der Waals surface area (Å²) in [6.45, 7) is 0.241. The van der Waals surface area contributed by atoms with Gasteiger partial charge in [0.25, 0.3) is 5.91 Å². The van der Waals surface area contributed by atoms with Crippen LogP contribution in [0.1, 0.15) is 6.42 Å². The molecule has 0 unspecified atom stereocenters. The predicted molar refractivity (Wildman–Crippen MR) is 96.4 cm³/mol. The Hall–Kier alpha value is -1.84. The van der Waals surface area contributed by atoms with Crippen molar-refractivity contribution in [3.63, 3.8) is 0 Å². The van der Waals surface area contributed by atoms with Gasteiger partial charge in [-0.15, -0.1) is 0 Å². The summed E-state index contributed by atoms with van der Waals surface area (Å²) in [5.41, 5.74) is 0.756. The highest BCUT2D eigenvalue weighted by Gasteiger charge is 2.16. The van der Waals surface area contributed by atoms with E-state index < -0.39 is 0 Å². The number of rotatable bonds is 6. The lowest BCUT2D eigenvalue weighted by Gasteiger charge is -2.22. The van der Waals surface area contributed by atoms with Gasteiger partial charge >= 0.3 is 0 Å². The standard InChI is InChI=1S/C17H14Br2N2O2/c18-13-7-8-16(15(19)11-13)23-12-17(22)21(10-4-9-20)14-5-2-1-3-6-14/h1-3,5-8,11H,4,10,12H2. The third-order valence-corrected chi connectivity index (χ3v) is 4.17. The normalized spacial score (nSPS) is 9.96. The van der Waals surface area contributed by atoms with Gasteiger partial charge in [-0.3, -0.25) is 4.79 Å². The molecule has 0 radical (unpaired) electrons. The van der Waals surface area contributed by atoms with E-state index in [0.717, 1.165) is 14.6 Å². The number of amides is 1. The highest BCUT2D eigenvalue weighted by molar-refractivity contribution is 9.11. The maximum absolute atomic E-state index is 12.5. The van der Waals surface area contributed by atoms with Gasteiger partial charge in [0.15, 0.2) is 6.61 Å². The van der Waals surface area contributed by atoms with Crippen molar-refractivity contribution in [3.8, 4) is 11.8 Å². The van der Waals surface area contributed by atoms with Crippen molar-refractivity contribution in [3.05, 3.63) is 57.5 Å². The maximum atomic E-state index is 12.5. The van der Waals surface area contributed by atoms with Gasteiger partial charge in [-0.05, 0) is 46.3 Å². The first kappa shape index (κ1) is 17.5. The second-order valence-electron chi connectivity index (χ2n) is 4.65. The van der Waals surface area contributed by atoms with E-state index in [-0.39, 0.29) is 18.9 Å². The number of hydrogen-bond acceptors (Lipinski definition) is 3. The minimum Gasteiger partial charge on any atom is -0.483 e. The minimum atomic E-state index is -0.193. The molecule has 0 aliphatic rings. The molecule has 0 atom stereocenters. The monoisotopic (exact) mass is 436 g/mol. The van der Waals surface area contributed by atoms with E-state index in [9.17, 15) is 4.79 Å². The van der Waals surface area contributed by atoms with Crippen molar-refractivity contribution >= 4 is 43.5 Å². The number of hydrogen-bond donors (Lipinski definition) is 0. The number of para-hydroxylation sites is 1. The Morgan fingerprint density at radius 2 is 1.91 bits per heavy atom. The zero-order valence-electron chi connectivity index (χ0n) is 12.2. The average molecular weight is 438 g/mol. The van der Waals surface area contributed by atoms with Crippen molar-refractivity contribution in [2.75, 3.05) is 18.1 Å². The van der Waals surface area contributed by atoms with Gasteiger partial charge in [0, 0.05) is 16.7 Å². The quantitative estimate of drug-likeness (QED) is 0.666.